The van der Waals surface area contributed by atoms with E-state index >= 15 is 0 Å². The maximum absolute atomic E-state index is 12.5. The highest BCUT2D eigenvalue weighted by Gasteiger charge is 2.18. The van der Waals surface area contributed by atoms with Crippen LogP contribution >= 0.6 is 0 Å². The molecule has 0 aliphatic carbocycles. The lowest BCUT2D eigenvalue weighted by Gasteiger charge is -2.20. The molecule has 0 saturated heterocycles. The van der Waals surface area contributed by atoms with Gasteiger partial charge in [0.15, 0.2) is 0 Å². The number of amides is 1. The maximum Gasteiger partial charge on any atom is 0.305 e. The van der Waals surface area contributed by atoms with Crippen molar-refractivity contribution in [3.8, 4) is 0 Å². The predicted molar refractivity (Wildman–Crippen MR) is 338 cm³/mol. The van der Waals surface area contributed by atoms with Gasteiger partial charge in [-0.05, 0) is 64.2 Å². The Morgan fingerprint density at radius 2 is 0.649 bits per heavy atom. The summed E-state index contributed by atoms with van der Waals surface area (Å²) in [4.78, 5) is 24.6. The first-order valence-electron chi connectivity index (χ1n) is 34.8. The molecule has 77 heavy (non-hydrogen) atoms. The molecule has 0 radical (unpaired) electrons. The molecule has 1 amide bonds. The molecule has 0 rings (SSSR count). The molecular formula is C71H135NO5. The average molecular weight is 1080 g/mol. The highest BCUT2D eigenvalue weighted by atomic mass is 16.5. The van der Waals surface area contributed by atoms with Crippen LogP contribution in [-0.4, -0.2) is 47.4 Å². The highest BCUT2D eigenvalue weighted by Crippen LogP contribution is 2.19. The lowest BCUT2D eigenvalue weighted by molar-refractivity contribution is -0.143. The Balaban J connectivity index is 3.41. The van der Waals surface area contributed by atoms with Crippen LogP contribution in [0, 0.1) is 0 Å². The van der Waals surface area contributed by atoms with Crippen molar-refractivity contribution < 1.29 is 24.5 Å². The minimum absolute atomic E-state index is 0.000367. The molecule has 0 aromatic carbocycles. The summed E-state index contributed by atoms with van der Waals surface area (Å²) >= 11 is 0. The van der Waals surface area contributed by atoms with Crippen LogP contribution in [0.4, 0.5) is 0 Å². The van der Waals surface area contributed by atoms with E-state index in [9.17, 15) is 19.8 Å². The Hall–Kier alpha value is -1.92. The quantitative estimate of drug-likeness (QED) is 0.0320. The summed E-state index contributed by atoms with van der Waals surface area (Å²) < 4.78 is 5.48. The summed E-state index contributed by atoms with van der Waals surface area (Å²) in [6, 6.07) is -0.629. The zero-order valence-corrected chi connectivity index (χ0v) is 52.0. The fraction of sp³-hybridized carbons (Fsp3) is 0.887. The van der Waals surface area contributed by atoms with E-state index in [0.717, 1.165) is 51.4 Å². The van der Waals surface area contributed by atoms with Crippen LogP contribution in [-0.2, 0) is 14.3 Å². The largest absolute Gasteiger partial charge is 0.466 e. The normalized spacial score (nSPS) is 12.7. The van der Waals surface area contributed by atoms with Gasteiger partial charge < -0.3 is 20.3 Å². The third-order valence-corrected chi connectivity index (χ3v) is 16.2. The summed E-state index contributed by atoms with van der Waals surface area (Å²) in [6.07, 6.45) is 85.0. The molecule has 0 bridgehead atoms. The van der Waals surface area contributed by atoms with Crippen molar-refractivity contribution in [3.63, 3.8) is 0 Å². The summed E-state index contributed by atoms with van der Waals surface area (Å²) in [5.74, 6) is -0.0636. The van der Waals surface area contributed by atoms with Gasteiger partial charge in [0.05, 0.1) is 25.4 Å². The number of aliphatic hydroxyl groups excluding tert-OH is 2. The SMILES string of the molecule is CCCCC/C=C\C/C=C\CCCCCCCC(=O)OCCCCCCCCCCCCCCCCCCCCCCCCCC(=O)NC(CO)C(O)/C=C/CCCCCCCCCCCCCCCCCCCCCC. The van der Waals surface area contributed by atoms with Gasteiger partial charge in [-0.3, -0.25) is 9.59 Å². The number of rotatable bonds is 65. The van der Waals surface area contributed by atoms with Crippen molar-refractivity contribution in [2.45, 2.75) is 392 Å². The van der Waals surface area contributed by atoms with Crippen molar-refractivity contribution in [2.24, 2.45) is 0 Å². The molecule has 0 saturated carbocycles. The Bertz CT molecular complexity index is 1250. The highest BCUT2D eigenvalue weighted by molar-refractivity contribution is 5.76. The first kappa shape index (κ1) is 75.1. The molecule has 3 N–H and O–H groups in total. The molecule has 0 aliphatic rings. The van der Waals surface area contributed by atoms with Gasteiger partial charge in [0.25, 0.3) is 0 Å². The lowest BCUT2D eigenvalue weighted by atomic mass is 10.0. The van der Waals surface area contributed by atoms with Crippen molar-refractivity contribution >= 4 is 11.9 Å². The fourth-order valence-electron chi connectivity index (χ4n) is 10.8. The van der Waals surface area contributed by atoms with Crippen molar-refractivity contribution in [1.29, 1.82) is 0 Å². The molecule has 0 spiro atoms. The van der Waals surface area contributed by atoms with Gasteiger partial charge in [0, 0.05) is 12.8 Å². The predicted octanol–water partition coefficient (Wildman–Crippen LogP) is 22.3. The van der Waals surface area contributed by atoms with Crippen LogP contribution in [0.1, 0.15) is 380 Å². The van der Waals surface area contributed by atoms with Gasteiger partial charge >= 0.3 is 5.97 Å². The molecule has 6 heteroatoms. The Morgan fingerprint density at radius 1 is 0.364 bits per heavy atom. The van der Waals surface area contributed by atoms with Crippen molar-refractivity contribution in [2.75, 3.05) is 13.2 Å². The number of carbonyl (C=O) groups excluding carboxylic acids is 2. The number of hydrogen-bond donors (Lipinski definition) is 3. The fourth-order valence-corrected chi connectivity index (χ4v) is 10.8. The molecule has 2 atom stereocenters. The Kier molecular flexibility index (Phi) is 64.9. The van der Waals surface area contributed by atoms with Gasteiger partial charge in [-0.25, -0.2) is 0 Å². The molecule has 454 valence electrons. The number of esters is 1. The van der Waals surface area contributed by atoms with E-state index in [0.29, 0.717) is 19.4 Å². The van der Waals surface area contributed by atoms with E-state index in [1.165, 1.54) is 302 Å². The first-order chi connectivity index (χ1) is 38.0. The number of aliphatic hydroxyl groups is 2. The molecular weight excluding hydrogens is 947 g/mol. The minimum Gasteiger partial charge on any atom is -0.466 e. The number of nitrogens with one attached hydrogen (secondary N) is 1. The van der Waals surface area contributed by atoms with E-state index in [1.54, 1.807) is 6.08 Å². The second kappa shape index (κ2) is 66.6. The smallest absolute Gasteiger partial charge is 0.305 e. The third kappa shape index (κ3) is 63.1. The van der Waals surface area contributed by atoms with Crippen molar-refractivity contribution in [3.05, 3.63) is 36.5 Å². The number of ether oxygens (including phenoxy) is 1. The number of hydrogen-bond acceptors (Lipinski definition) is 5. The summed E-state index contributed by atoms with van der Waals surface area (Å²) in [5.41, 5.74) is 0. The second-order valence-corrected chi connectivity index (χ2v) is 23.9. The van der Waals surface area contributed by atoms with Crippen LogP contribution in [0.3, 0.4) is 0 Å². The van der Waals surface area contributed by atoms with Crippen LogP contribution in [0.2, 0.25) is 0 Å². The summed E-state index contributed by atoms with van der Waals surface area (Å²) in [7, 11) is 0. The molecule has 0 aromatic heterocycles. The van der Waals surface area contributed by atoms with Gasteiger partial charge in [-0.15, -0.1) is 0 Å². The van der Waals surface area contributed by atoms with Crippen LogP contribution in [0.15, 0.2) is 36.5 Å². The van der Waals surface area contributed by atoms with E-state index in [4.69, 9.17) is 4.74 Å². The van der Waals surface area contributed by atoms with E-state index in [-0.39, 0.29) is 18.5 Å². The minimum atomic E-state index is -0.846. The van der Waals surface area contributed by atoms with Gasteiger partial charge in [0.2, 0.25) is 5.91 Å². The Labute approximate surface area is 481 Å². The first-order valence-corrected chi connectivity index (χ1v) is 34.8. The number of unbranched alkanes of at least 4 members (excludes halogenated alkanes) is 50. The molecule has 0 aliphatic heterocycles. The second-order valence-electron chi connectivity index (χ2n) is 23.9. The molecule has 0 fully saturated rings. The van der Waals surface area contributed by atoms with E-state index in [2.05, 4.69) is 43.5 Å². The summed E-state index contributed by atoms with van der Waals surface area (Å²) in [6.45, 7) is 4.90. The third-order valence-electron chi connectivity index (χ3n) is 16.2. The van der Waals surface area contributed by atoms with Gasteiger partial charge in [0.1, 0.15) is 0 Å². The zero-order valence-electron chi connectivity index (χ0n) is 52.0. The maximum atomic E-state index is 12.5. The average Bonchev–Trinajstić information content (AvgIpc) is 3.43. The van der Waals surface area contributed by atoms with Crippen LogP contribution in [0.5, 0.6) is 0 Å². The van der Waals surface area contributed by atoms with Crippen molar-refractivity contribution in [1.82, 2.24) is 5.32 Å². The molecule has 2 unspecified atom stereocenters. The number of allylic oxidation sites excluding steroid dienone is 5. The van der Waals surface area contributed by atoms with E-state index < -0.39 is 12.1 Å². The molecule has 0 heterocycles. The molecule has 0 aromatic rings. The van der Waals surface area contributed by atoms with Gasteiger partial charge in [-0.2, -0.15) is 0 Å². The summed E-state index contributed by atoms with van der Waals surface area (Å²) in [5, 5.41) is 23.3. The standard InChI is InChI=1S/C71H135NO5/c1-3-5-7-9-11-13-15-17-19-20-21-22-26-29-32-36-39-43-47-51-55-59-63-69(74)68(67-73)72-70(75)64-60-56-52-48-44-40-37-33-30-27-24-23-25-28-31-34-38-42-46-50-54-58-62-66-77-71(76)65-61-57-53-49-45-41-35-18-16-14-12-10-8-6-4-2/h12,14,18,35,59,63,68-69,73-74H,3-11,13,15-17,19-34,36-58,60-62,64-67H2,1-2H3,(H,72,75)/b14-12-,35-18-,63-59+. The van der Waals surface area contributed by atoms with Crippen LogP contribution < -0.4 is 5.32 Å². The van der Waals surface area contributed by atoms with Gasteiger partial charge in [-0.1, -0.05) is 339 Å². The van der Waals surface area contributed by atoms with E-state index in [1.807, 2.05) is 6.08 Å². The molecule has 6 nitrogen and oxygen atoms in total. The zero-order chi connectivity index (χ0) is 55.7. The number of carbonyl (C=O) groups is 2. The topological polar surface area (TPSA) is 95.9 Å². The lowest BCUT2D eigenvalue weighted by Crippen LogP contribution is -2.45. The monoisotopic (exact) mass is 1080 g/mol. The van der Waals surface area contributed by atoms with Crippen LogP contribution in [0.25, 0.3) is 0 Å². The Morgan fingerprint density at radius 3 is 1.01 bits per heavy atom.